The molecule has 0 radical (unpaired) electrons. The molecule has 98 valence electrons. The van der Waals surface area contributed by atoms with E-state index in [0.717, 1.165) is 22.3 Å². The maximum absolute atomic E-state index is 6.11. The Balaban J connectivity index is 0.000000637. The summed E-state index contributed by atoms with van der Waals surface area (Å²) in [4.78, 5) is 8.09. The SMILES string of the molecule is CC.Cc1oc2ncnc(Cl)c2c1-c1ccccc1. The van der Waals surface area contributed by atoms with Gasteiger partial charge in [-0.3, -0.25) is 0 Å². The van der Waals surface area contributed by atoms with Crippen LogP contribution < -0.4 is 0 Å². The van der Waals surface area contributed by atoms with Crippen molar-refractivity contribution in [2.75, 3.05) is 0 Å². The van der Waals surface area contributed by atoms with E-state index < -0.39 is 0 Å². The molecule has 1 aromatic carbocycles. The summed E-state index contributed by atoms with van der Waals surface area (Å²) in [5, 5.41) is 1.20. The Kier molecular flexibility index (Phi) is 4.17. The first kappa shape index (κ1) is 13.6. The normalized spacial score (nSPS) is 10.1. The van der Waals surface area contributed by atoms with Crippen molar-refractivity contribution < 1.29 is 4.42 Å². The zero-order chi connectivity index (χ0) is 13.8. The van der Waals surface area contributed by atoms with Crippen LogP contribution in [0.4, 0.5) is 0 Å². The molecule has 4 heteroatoms. The maximum Gasteiger partial charge on any atom is 0.231 e. The Hall–Kier alpha value is -1.87. The summed E-state index contributed by atoms with van der Waals surface area (Å²) in [5.74, 6) is 0.800. The van der Waals surface area contributed by atoms with Crippen molar-refractivity contribution in [3.63, 3.8) is 0 Å². The van der Waals surface area contributed by atoms with Crippen LogP contribution in [0.2, 0.25) is 5.15 Å². The number of fused-ring (bicyclic) bond motifs is 1. The minimum atomic E-state index is 0.422. The Morgan fingerprint density at radius 1 is 1.05 bits per heavy atom. The van der Waals surface area contributed by atoms with E-state index in [0.29, 0.717) is 10.9 Å². The number of benzene rings is 1. The highest BCUT2D eigenvalue weighted by Gasteiger charge is 2.16. The summed E-state index contributed by atoms with van der Waals surface area (Å²) in [5.41, 5.74) is 2.55. The Morgan fingerprint density at radius 3 is 2.42 bits per heavy atom. The number of hydrogen-bond donors (Lipinski definition) is 0. The van der Waals surface area contributed by atoms with Gasteiger partial charge < -0.3 is 4.42 Å². The lowest BCUT2D eigenvalue weighted by Crippen LogP contribution is -1.82. The second-order valence-electron chi connectivity index (χ2n) is 3.74. The molecule has 2 heterocycles. The molecule has 0 aliphatic rings. The standard InChI is InChI=1S/C13H9ClN2O.C2H6/c1-8-10(9-5-3-2-4-6-9)11-12(14)15-7-16-13(11)17-8;1-2/h2-7H,1H3;1-2H3. The van der Waals surface area contributed by atoms with Crippen LogP contribution in [0.3, 0.4) is 0 Å². The predicted molar refractivity (Wildman–Crippen MR) is 78.3 cm³/mol. The number of hydrogen-bond acceptors (Lipinski definition) is 3. The van der Waals surface area contributed by atoms with Crippen LogP contribution in [0.25, 0.3) is 22.2 Å². The Morgan fingerprint density at radius 2 is 1.74 bits per heavy atom. The smallest absolute Gasteiger partial charge is 0.231 e. The van der Waals surface area contributed by atoms with E-state index >= 15 is 0 Å². The molecule has 2 aromatic heterocycles. The van der Waals surface area contributed by atoms with Gasteiger partial charge in [0.05, 0.1) is 5.39 Å². The maximum atomic E-state index is 6.11. The van der Waals surface area contributed by atoms with Crippen molar-refractivity contribution in [1.29, 1.82) is 0 Å². The second kappa shape index (κ2) is 5.85. The zero-order valence-corrected chi connectivity index (χ0v) is 11.9. The summed E-state index contributed by atoms with van der Waals surface area (Å²) < 4.78 is 5.60. The van der Waals surface area contributed by atoms with Gasteiger partial charge in [-0.2, -0.15) is 0 Å². The van der Waals surface area contributed by atoms with E-state index in [4.69, 9.17) is 16.0 Å². The molecule has 0 fully saturated rings. The minimum Gasteiger partial charge on any atom is -0.442 e. The van der Waals surface area contributed by atoms with Gasteiger partial charge >= 0.3 is 0 Å². The Labute approximate surface area is 117 Å². The predicted octanol–water partition coefficient (Wildman–Crippen LogP) is 4.88. The van der Waals surface area contributed by atoms with Crippen LogP contribution in [0.5, 0.6) is 0 Å². The zero-order valence-electron chi connectivity index (χ0n) is 11.1. The molecule has 3 rings (SSSR count). The first-order valence-electron chi connectivity index (χ1n) is 6.22. The van der Waals surface area contributed by atoms with Gasteiger partial charge in [-0.05, 0) is 12.5 Å². The number of nitrogens with zero attached hydrogens (tertiary/aromatic N) is 2. The highest BCUT2D eigenvalue weighted by molar-refractivity contribution is 6.35. The third-order valence-electron chi connectivity index (χ3n) is 2.68. The largest absolute Gasteiger partial charge is 0.442 e. The van der Waals surface area contributed by atoms with Gasteiger partial charge in [0.1, 0.15) is 17.2 Å². The summed E-state index contributed by atoms with van der Waals surface area (Å²) >= 11 is 6.11. The van der Waals surface area contributed by atoms with E-state index in [-0.39, 0.29) is 0 Å². The topological polar surface area (TPSA) is 38.9 Å². The molecule has 0 spiro atoms. The van der Waals surface area contributed by atoms with Crippen molar-refractivity contribution in [2.45, 2.75) is 20.8 Å². The first-order valence-corrected chi connectivity index (χ1v) is 6.60. The molecule has 0 aliphatic heterocycles. The fourth-order valence-corrected chi connectivity index (χ4v) is 2.18. The summed E-state index contributed by atoms with van der Waals surface area (Å²) in [6, 6.07) is 9.96. The molecule has 0 saturated carbocycles. The molecule has 0 unspecified atom stereocenters. The molecule has 0 saturated heterocycles. The van der Waals surface area contributed by atoms with E-state index in [1.54, 1.807) is 0 Å². The number of halogens is 1. The lowest BCUT2D eigenvalue weighted by molar-refractivity contribution is 0.568. The van der Waals surface area contributed by atoms with Crippen molar-refractivity contribution >= 4 is 22.7 Å². The molecular formula is C15H15ClN2O. The third-order valence-corrected chi connectivity index (χ3v) is 2.97. The molecule has 3 nitrogen and oxygen atoms in total. The number of aryl methyl sites for hydroxylation is 1. The van der Waals surface area contributed by atoms with Crippen molar-refractivity contribution in [1.82, 2.24) is 9.97 Å². The van der Waals surface area contributed by atoms with E-state index in [1.165, 1.54) is 6.33 Å². The van der Waals surface area contributed by atoms with Gasteiger partial charge in [0.25, 0.3) is 0 Å². The molecule has 3 aromatic rings. The molecule has 0 atom stereocenters. The van der Waals surface area contributed by atoms with Crippen molar-refractivity contribution in [3.8, 4) is 11.1 Å². The minimum absolute atomic E-state index is 0.422. The highest BCUT2D eigenvalue weighted by atomic mass is 35.5. The molecular weight excluding hydrogens is 260 g/mol. The summed E-state index contributed by atoms with van der Waals surface area (Å²) in [7, 11) is 0. The monoisotopic (exact) mass is 274 g/mol. The lowest BCUT2D eigenvalue weighted by Gasteiger charge is -2.00. The van der Waals surface area contributed by atoms with Gasteiger partial charge in [-0.25, -0.2) is 9.97 Å². The first-order chi connectivity index (χ1) is 9.27. The van der Waals surface area contributed by atoms with Crippen LogP contribution in [0.15, 0.2) is 41.1 Å². The van der Waals surface area contributed by atoms with Crippen LogP contribution in [-0.4, -0.2) is 9.97 Å². The summed E-state index contributed by atoms with van der Waals surface area (Å²) in [6.07, 6.45) is 1.41. The van der Waals surface area contributed by atoms with Crippen LogP contribution in [0.1, 0.15) is 19.6 Å². The molecule has 0 bridgehead atoms. The number of aromatic nitrogens is 2. The Bertz CT molecular complexity index is 677. The van der Waals surface area contributed by atoms with E-state index in [9.17, 15) is 0 Å². The second-order valence-corrected chi connectivity index (χ2v) is 4.10. The lowest BCUT2D eigenvalue weighted by atomic mass is 10.0. The van der Waals surface area contributed by atoms with Gasteiger partial charge in [-0.15, -0.1) is 0 Å². The van der Waals surface area contributed by atoms with Crippen molar-refractivity contribution in [3.05, 3.63) is 47.6 Å². The molecule has 0 N–H and O–H groups in total. The molecule has 0 amide bonds. The highest BCUT2D eigenvalue weighted by Crippen LogP contribution is 2.36. The number of furan rings is 1. The van der Waals surface area contributed by atoms with Gasteiger partial charge in [0.2, 0.25) is 5.71 Å². The van der Waals surface area contributed by atoms with Crippen LogP contribution >= 0.6 is 11.6 Å². The van der Waals surface area contributed by atoms with Crippen LogP contribution in [0, 0.1) is 6.92 Å². The molecule has 19 heavy (non-hydrogen) atoms. The van der Waals surface area contributed by atoms with Crippen molar-refractivity contribution in [2.24, 2.45) is 0 Å². The number of rotatable bonds is 1. The third kappa shape index (κ3) is 2.47. The summed E-state index contributed by atoms with van der Waals surface area (Å²) in [6.45, 7) is 5.90. The van der Waals surface area contributed by atoms with E-state index in [2.05, 4.69) is 9.97 Å². The average Bonchev–Trinajstić information content (AvgIpc) is 2.79. The molecule has 0 aliphatic carbocycles. The fourth-order valence-electron chi connectivity index (χ4n) is 1.96. The van der Waals surface area contributed by atoms with Gasteiger partial charge in [0, 0.05) is 5.56 Å². The van der Waals surface area contributed by atoms with Crippen LogP contribution in [-0.2, 0) is 0 Å². The fraction of sp³-hybridized carbons (Fsp3) is 0.200. The quantitative estimate of drug-likeness (QED) is 0.594. The average molecular weight is 275 g/mol. The van der Waals surface area contributed by atoms with E-state index in [1.807, 2.05) is 51.1 Å². The van der Waals surface area contributed by atoms with Gasteiger partial charge in [-0.1, -0.05) is 55.8 Å². The van der Waals surface area contributed by atoms with Gasteiger partial charge in [0.15, 0.2) is 0 Å².